The molecule has 0 aromatic heterocycles. The maximum atomic E-state index is 13.4. The molecule has 21 heavy (non-hydrogen) atoms. The highest BCUT2D eigenvalue weighted by molar-refractivity contribution is 9.10. The number of aryl methyl sites for hydroxylation is 1. The van der Waals surface area contributed by atoms with Crippen LogP contribution in [0.1, 0.15) is 11.1 Å². The summed E-state index contributed by atoms with van der Waals surface area (Å²) < 4.78 is 25.5. The first-order valence-corrected chi connectivity index (χ1v) is 7.91. The largest absolute Gasteiger partial charge is 0.454 e. The summed E-state index contributed by atoms with van der Waals surface area (Å²) in [6, 6.07) is 7.08. The number of nitrogens with one attached hydrogen (secondary N) is 1. The minimum absolute atomic E-state index is 0.253. The summed E-state index contributed by atoms with van der Waals surface area (Å²) in [6.07, 6.45) is 0. The van der Waals surface area contributed by atoms with Gasteiger partial charge in [-0.15, -0.1) is 0 Å². The minimum Gasteiger partial charge on any atom is -0.454 e. The Morgan fingerprint density at radius 3 is 2.57 bits per heavy atom. The molecule has 0 saturated carbocycles. The van der Waals surface area contributed by atoms with E-state index in [0.29, 0.717) is 11.0 Å². The molecule has 0 spiro atoms. The molecule has 3 nitrogen and oxygen atoms in total. The van der Waals surface area contributed by atoms with Crippen LogP contribution in [0.15, 0.2) is 33.2 Å². The van der Waals surface area contributed by atoms with Crippen LogP contribution in [-0.2, 0) is 6.54 Å². The predicted molar refractivity (Wildman–Crippen MR) is 86.4 cm³/mol. The fourth-order valence-corrected chi connectivity index (χ4v) is 2.93. The van der Waals surface area contributed by atoms with Gasteiger partial charge in [0.1, 0.15) is 5.82 Å². The number of ether oxygens (including phenoxy) is 2. The van der Waals surface area contributed by atoms with E-state index >= 15 is 0 Å². The van der Waals surface area contributed by atoms with E-state index in [9.17, 15) is 4.39 Å². The van der Waals surface area contributed by atoms with Crippen LogP contribution in [0, 0.1) is 12.7 Å². The lowest BCUT2D eigenvalue weighted by Gasteiger charge is -2.12. The van der Waals surface area contributed by atoms with Crippen molar-refractivity contribution in [1.29, 1.82) is 0 Å². The molecule has 0 amide bonds. The predicted octanol–water partition coefficient (Wildman–Crippen LogP) is 5.00. The third-order valence-corrected chi connectivity index (χ3v) is 4.62. The van der Waals surface area contributed by atoms with Gasteiger partial charge < -0.3 is 14.8 Å². The zero-order valence-corrected chi connectivity index (χ0v) is 14.3. The molecule has 1 heterocycles. The first-order valence-electron chi connectivity index (χ1n) is 6.32. The Balaban J connectivity index is 1.81. The highest BCUT2D eigenvalue weighted by atomic mass is 79.9. The quantitative estimate of drug-likeness (QED) is 0.763. The van der Waals surface area contributed by atoms with E-state index in [1.54, 1.807) is 6.07 Å². The van der Waals surface area contributed by atoms with Gasteiger partial charge in [-0.05, 0) is 58.2 Å². The van der Waals surface area contributed by atoms with Crippen LogP contribution in [-0.4, -0.2) is 6.79 Å². The van der Waals surface area contributed by atoms with Crippen molar-refractivity contribution >= 4 is 37.5 Å². The Bertz CT molecular complexity index is 707. The number of hydrogen-bond acceptors (Lipinski definition) is 3. The van der Waals surface area contributed by atoms with Gasteiger partial charge in [0.15, 0.2) is 11.5 Å². The van der Waals surface area contributed by atoms with Crippen molar-refractivity contribution in [3.8, 4) is 11.5 Å². The van der Waals surface area contributed by atoms with Crippen molar-refractivity contribution in [2.24, 2.45) is 0 Å². The van der Waals surface area contributed by atoms with Crippen molar-refractivity contribution < 1.29 is 13.9 Å². The number of hydrogen-bond donors (Lipinski definition) is 1. The van der Waals surface area contributed by atoms with E-state index in [4.69, 9.17) is 9.47 Å². The maximum Gasteiger partial charge on any atom is 0.231 e. The highest BCUT2D eigenvalue weighted by Crippen LogP contribution is 2.37. The first-order chi connectivity index (χ1) is 10.0. The second kappa shape index (κ2) is 5.85. The third kappa shape index (κ3) is 3.01. The molecule has 0 unspecified atom stereocenters. The molecular formula is C15H12Br2FNO2. The van der Waals surface area contributed by atoms with Gasteiger partial charge in [-0.1, -0.05) is 15.9 Å². The third-order valence-electron chi connectivity index (χ3n) is 3.28. The molecule has 0 radical (unpaired) electrons. The molecule has 1 N–H and O–H groups in total. The summed E-state index contributed by atoms with van der Waals surface area (Å²) in [6.45, 7) is 2.71. The smallest absolute Gasteiger partial charge is 0.231 e. The van der Waals surface area contributed by atoms with Gasteiger partial charge in [-0.2, -0.15) is 0 Å². The highest BCUT2D eigenvalue weighted by Gasteiger charge is 2.16. The molecule has 0 atom stereocenters. The zero-order chi connectivity index (χ0) is 15.0. The van der Waals surface area contributed by atoms with Gasteiger partial charge >= 0.3 is 0 Å². The number of rotatable bonds is 3. The SMILES string of the molecule is Cc1cc(F)c(Br)cc1NCc1cc2c(cc1Br)OCO2. The summed E-state index contributed by atoms with van der Waals surface area (Å²) >= 11 is 6.72. The lowest BCUT2D eigenvalue weighted by atomic mass is 10.1. The van der Waals surface area contributed by atoms with Crippen LogP contribution in [0.3, 0.4) is 0 Å². The summed E-state index contributed by atoms with van der Waals surface area (Å²) in [7, 11) is 0. The zero-order valence-electron chi connectivity index (χ0n) is 11.2. The monoisotopic (exact) mass is 415 g/mol. The van der Waals surface area contributed by atoms with Crippen molar-refractivity contribution in [1.82, 2.24) is 0 Å². The van der Waals surface area contributed by atoms with Gasteiger partial charge in [-0.25, -0.2) is 4.39 Å². The Labute approximate surface area is 138 Å². The minimum atomic E-state index is -0.262. The molecule has 0 aliphatic carbocycles. The molecule has 2 aromatic rings. The average Bonchev–Trinajstić information content (AvgIpc) is 2.88. The molecule has 2 aromatic carbocycles. The summed E-state index contributed by atoms with van der Waals surface area (Å²) in [5.74, 6) is 1.22. The van der Waals surface area contributed by atoms with E-state index in [-0.39, 0.29) is 12.6 Å². The second-order valence-corrected chi connectivity index (χ2v) is 6.44. The summed E-state index contributed by atoms with van der Waals surface area (Å²) in [4.78, 5) is 0. The Hall–Kier alpha value is -1.27. The Morgan fingerprint density at radius 1 is 1.10 bits per heavy atom. The fourth-order valence-electron chi connectivity index (χ4n) is 2.12. The molecule has 1 aliphatic heterocycles. The van der Waals surface area contributed by atoms with E-state index < -0.39 is 0 Å². The second-order valence-electron chi connectivity index (χ2n) is 4.73. The standard InChI is InChI=1S/C15H12Br2FNO2/c1-8-2-12(18)11(17)4-13(8)19-6-9-3-14-15(5-10(9)16)21-7-20-14/h2-5,19H,6-7H2,1H3. The van der Waals surface area contributed by atoms with Gasteiger partial charge in [0.2, 0.25) is 6.79 Å². The van der Waals surface area contributed by atoms with E-state index in [0.717, 1.165) is 32.8 Å². The molecule has 0 bridgehead atoms. The molecule has 0 fully saturated rings. The Kier molecular flexibility index (Phi) is 4.08. The van der Waals surface area contributed by atoms with Crippen molar-refractivity contribution in [3.05, 3.63) is 50.2 Å². The topological polar surface area (TPSA) is 30.5 Å². The van der Waals surface area contributed by atoms with Crippen molar-refractivity contribution in [3.63, 3.8) is 0 Å². The maximum absolute atomic E-state index is 13.4. The van der Waals surface area contributed by atoms with Crippen LogP contribution in [0.25, 0.3) is 0 Å². The Morgan fingerprint density at radius 2 is 1.81 bits per heavy atom. The summed E-state index contributed by atoms with van der Waals surface area (Å²) in [5, 5.41) is 3.31. The van der Waals surface area contributed by atoms with E-state index in [1.165, 1.54) is 6.07 Å². The number of anilines is 1. The normalized spacial score (nSPS) is 12.6. The van der Waals surface area contributed by atoms with E-state index in [2.05, 4.69) is 37.2 Å². The fraction of sp³-hybridized carbons (Fsp3) is 0.200. The number of halogens is 3. The van der Waals surface area contributed by atoms with E-state index in [1.807, 2.05) is 19.1 Å². The number of fused-ring (bicyclic) bond motifs is 1. The van der Waals surface area contributed by atoms with Crippen LogP contribution < -0.4 is 14.8 Å². The van der Waals surface area contributed by atoms with Gasteiger partial charge in [-0.3, -0.25) is 0 Å². The van der Waals surface area contributed by atoms with Gasteiger partial charge in [0, 0.05) is 16.7 Å². The lowest BCUT2D eigenvalue weighted by molar-refractivity contribution is 0.174. The van der Waals surface area contributed by atoms with Crippen molar-refractivity contribution in [2.75, 3.05) is 12.1 Å². The van der Waals surface area contributed by atoms with Crippen LogP contribution in [0.5, 0.6) is 11.5 Å². The van der Waals surface area contributed by atoms with Gasteiger partial charge in [0.25, 0.3) is 0 Å². The molecular weight excluding hydrogens is 405 g/mol. The molecule has 110 valence electrons. The molecule has 1 aliphatic rings. The number of benzene rings is 2. The molecule has 3 rings (SSSR count). The van der Waals surface area contributed by atoms with Gasteiger partial charge in [0.05, 0.1) is 4.47 Å². The lowest BCUT2D eigenvalue weighted by Crippen LogP contribution is -2.02. The average molecular weight is 417 g/mol. The molecule has 6 heteroatoms. The first kappa shape index (κ1) is 14.7. The van der Waals surface area contributed by atoms with Crippen LogP contribution >= 0.6 is 31.9 Å². The summed E-state index contributed by atoms with van der Waals surface area (Å²) in [5.41, 5.74) is 2.78. The van der Waals surface area contributed by atoms with Crippen LogP contribution in [0.4, 0.5) is 10.1 Å². The van der Waals surface area contributed by atoms with Crippen molar-refractivity contribution in [2.45, 2.75) is 13.5 Å². The molecule has 0 saturated heterocycles. The van der Waals surface area contributed by atoms with Crippen LogP contribution in [0.2, 0.25) is 0 Å².